The van der Waals surface area contributed by atoms with E-state index in [1.807, 2.05) is 6.92 Å². The van der Waals surface area contributed by atoms with Crippen molar-refractivity contribution in [3.8, 4) is 11.5 Å². The predicted molar refractivity (Wildman–Crippen MR) is 78.4 cm³/mol. The molecule has 2 N–H and O–H groups in total. The van der Waals surface area contributed by atoms with Crippen molar-refractivity contribution in [2.75, 3.05) is 17.9 Å². The maximum atomic E-state index is 11.9. The van der Waals surface area contributed by atoms with Crippen LogP contribution in [0.3, 0.4) is 0 Å². The molecule has 1 aromatic rings. The highest BCUT2D eigenvalue weighted by Gasteiger charge is 2.27. The number of hydrogen-bond donors (Lipinski definition) is 2. The molecule has 0 amide bonds. The second-order valence-corrected chi connectivity index (χ2v) is 6.16. The molecule has 0 radical (unpaired) electrons. The SMILES string of the molecule is CCOc1ccc(NS(=O)(=O)C(C)C(=O)O)cc1OCC. The van der Waals surface area contributed by atoms with Crippen LogP contribution in [-0.4, -0.2) is 38.0 Å². The number of carbonyl (C=O) groups is 1. The Labute approximate surface area is 123 Å². The summed E-state index contributed by atoms with van der Waals surface area (Å²) in [5.74, 6) is -0.533. The van der Waals surface area contributed by atoms with Crippen LogP contribution in [0.2, 0.25) is 0 Å². The Morgan fingerprint density at radius 2 is 1.81 bits per heavy atom. The van der Waals surface area contributed by atoms with Crippen LogP contribution >= 0.6 is 0 Å². The topological polar surface area (TPSA) is 102 Å². The van der Waals surface area contributed by atoms with Gasteiger partial charge in [0.2, 0.25) is 10.0 Å². The van der Waals surface area contributed by atoms with Crippen LogP contribution in [0.4, 0.5) is 5.69 Å². The first kappa shape index (κ1) is 17.1. The highest BCUT2D eigenvalue weighted by atomic mass is 32.2. The highest BCUT2D eigenvalue weighted by Crippen LogP contribution is 2.31. The molecule has 0 saturated carbocycles. The quantitative estimate of drug-likeness (QED) is 0.756. The molecule has 7 nitrogen and oxygen atoms in total. The normalized spacial score (nSPS) is 12.5. The summed E-state index contributed by atoms with van der Waals surface area (Å²) in [6.45, 7) is 5.55. The maximum Gasteiger partial charge on any atom is 0.323 e. The zero-order valence-corrected chi connectivity index (χ0v) is 12.9. The lowest BCUT2D eigenvalue weighted by Gasteiger charge is -2.15. The zero-order chi connectivity index (χ0) is 16.0. The molecule has 0 heterocycles. The molecular formula is C13H19NO6S. The second-order valence-electron chi connectivity index (χ2n) is 4.16. The van der Waals surface area contributed by atoms with Gasteiger partial charge in [0.05, 0.1) is 18.9 Å². The highest BCUT2D eigenvalue weighted by molar-refractivity contribution is 7.94. The van der Waals surface area contributed by atoms with E-state index in [1.54, 1.807) is 13.0 Å². The first-order valence-electron chi connectivity index (χ1n) is 6.45. The number of rotatable bonds is 8. The molecule has 0 saturated heterocycles. The van der Waals surface area contributed by atoms with E-state index in [0.717, 1.165) is 6.92 Å². The van der Waals surface area contributed by atoms with Crippen LogP contribution in [0, 0.1) is 0 Å². The molecule has 0 spiro atoms. The number of benzene rings is 1. The minimum Gasteiger partial charge on any atom is -0.490 e. The number of aliphatic carboxylic acids is 1. The average molecular weight is 317 g/mol. The lowest BCUT2D eigenvalue weighted by atomic mass is 10.3. The van der Waals surface area contributed by atoms with Gasteiger partial charge < -0.3 is 14.6 Å². The van der Waals surface area contributed by atoms with Gasteiger partial charge >= 0.3 is 5.97 Å². The Morgan fingerprint density at radius 3 is 2.33 bits per heavy atom. The van der Waals surface area contributed by atoms with E-state index in [4.69, 9.17) is 14.6 Å². The van der Waals surface area contributed by atoms with Crippen molar-refractivity contribution in [3.63, 3.8) is 0 Å². The molecule has 0 aliphatic carbocycles. The third-order valence-electron chi connectivity index (χ3n) is 2.62. The van der Waals surface area contributed by atoms with Gasteiger partial charge in [-0.2, -0.15) is 0 Å². The van der Waals surface area contributed by atoms with Crippen molar-refractivity contribution in [3.05, 3.63) is 18.2 Å². The molecule has 8 heteroatoms. The third-order valence-corrected chi connectivity index (χ3v) is 4.27. The molecule has 0 aliphatic rings. The van der Waals surface area contributed by atoms with Crippen molar-refractivity contribution in [1.82, 2.24) is 0 Å². The molecule has 1 atom stereocenters. The molecule has 0 aliphatic heterocycles. The van der Waals surface area contributed by atoms with Crippen molar-refractivity contribution in [1.29, 1.82) is 0 Å². The zero-order valence-electron chi connectivity index (χ0n) is 12.1. The van der Waals surface area contributed by atoms with E-state index < -0.39 is 21.2 Å². The molecule has 1 aromatic carbocycles. The number of carboxylic acid groups (broad SMARTS) is 1. The van der Waals surface area contributed by atoms with Gasteiger partial charge in [-0.3, -0.25) is 9.52 Å². The number of anilines is 1. The van der Waals surface area contributed by atoms with Crippen LogP contribution in [-0.2, 0) is 14.8 Å². The molecular weight excluding hydrogens is 298 g/mol. The fraction of sp³-hybridized carbons (Fsp3) is 0.462. The fourth-order valence-electron chi connectivity index (χ4n) is 1.50. The number of hydrogen-bond acceptors (Lipinski definition) is 5. The molecule has 1 unspecified atom stereocenters. The van der Waals surface area contributed by atoms with E-state index in [2.05, 4.69) is 4.72 Å². The van der Waals surface area contributed by atoms with E-state index in [0.29, 0.717) is 24.7 Å². The van der Waals surface area contributed by atoms with Gasteiger partial charge in [0, 0.05) is 6.07 Å². The van der Waals surface area contributed by atoms with Gasteiger partial charge in [-0.1, -0.05) is 0 Å². The third kappa shape index (κ3) is 4.52. The molecule has 118 valence electrons. The second kappa shape index (κ2) is 7.16. The van der Waals surface area contributed by atoms with E-state index >= 15 is 0 Å². The summed E-state index contributed by atoms with van der Waals surface area (Å²) in [5.41, 5.74) is 0.218. The van der Waals surface area contributed by atoms with Crippen LogP contribution in [0.1, 0.15) is 20.8 Å². The molecule has 0 fully saturated rings. The molecule has 21 heavy (non-hydrogen) atoms. The number of carboxylic acids is 1. The lowest BCUT2D eigenvalue weighted by molar-refractivity contribution is -0.136. The summed E-state index contributed by atoms with van der Waals surface area (Å²) in [5, 5.41) is 7.23. The summed E-state index contributed by atoms with van der Waals surface area (Å²) in [6.07, 6.45) is 0. The monoisotopic (exact) mass is 317 g/mol. The van der Waals surface area contributed by atoms with Crippen LogP contribution in [0.15, 0.2) is 18.2 Å². The average Bonchev–Trinajstić information content (AvgIpc) is 2.40. The Hall–Kier alpha value is -1.96. The Balaban J connectivity index is 3.04. The summed E-state index contributed by atoms with van der Waals surface area (Å²) < 4.78 is 36.7. The smallest absolute Gasteiger partial charge is 0.323 e. The first-order chi connectivity index (χ1) is 9.81. The maximum absolute atomic E-state index is 11.9. The fourth-order valence-corrected chi connectivity index (χ4v) is 2.40. The van der Waals surface area contributed by atoms with Gasteiger partial charge in [0.1, 0.15) is 0 Å². The molecule has 1 rings (SSSR count). The summed E-state index contributed by atoms with van der Waals surface area (Å²) in [6, 6.07) is 4.51. The predicted octanol–water partition coefficient (Wildman–Crippen LogP) is 1.70. The molecule has 0 bridgehead atoms. The van der Waals surface area contributed by atoms with Crippen molar-refractivity contribution < 1.29 is 27.8 Å². The summed E-state index contributed by atoms with van der Waals surface area (Å²) >= 11 is 0. The van der Waals surface area contributed by atoms with Gasteiger partial charge in [0.15, 0.2) is 16.7 Å². The Bertz CT molecular complexity index is 599. The van der Waals surface area contributed by atoms with Crippen LogP contribution in [0.25, 0.3) is 0 Å². The largest absolute Gasteiger partial charge is 0.490 e. The Morgan fingerprint density at radius 1 is 1.24 bits per heavy atom. The standard InChI is InChI=1S/C13H19NO6S/c1-4-19-11-7-6-10(8-12(11)20-5-2)14-21(17,18)9(3)13(15)16/h6-9,14H,4-5H2,1-3H3,(H,15,16). The summed E-state index contributed by atoms with van der Waals surface area (Å²) in [4.78, 5) is 10.8. The number of sulfonamides is 1. The van der Waals surface area contributed by atoms with E-state index in [-0.39, 0.29) is 5.69 Å². The van der Waals surface area contributed by atoms with E-state index in [9.17, 15) is 13.2 Å². The van der Waals surface area contributed by atoms with Gasteiger partial charge in [-0.05, 0) is 32.9 Å². The van der Waals surface area contributed by atoms with Crippen molar-refractivity contribution in [2.24, 2.45) is 0 Å². The Kier molecular flexibility index (Phi) is 5.83. The summed E-state index contributed by atoms with van der Waals surface area (Å²) in [7, 11) is -4.02. The van der Waals surface area contributed by atoms with Gasteiger partial charge in [-0.15, -0.1) is 0 Å². The van der Waals surface area contributed by atoms with Gasteiger partial charge in [0.25, 0.3) is 0 Å². The van der Waals surface area contributed by atoms with Crippen LogP contribution in [0.5, 0.6) is 11.5 Å². The van der Waals surface area contributed by atoms with Gasteiger partial charge in [-0.25, -0.2) is 8.42 Å². The van der Waals surface area contributed by atoms with Crippen molar-refractivity contribution >= 4 is 21.7 Å². The minimum absolute atomic E-state index is 0.218. The van der Waals surface area contributed by atoms with Crippen molar-refractivity contribution in [2.45, 2.75) is 26.0 Å². The number of nitrogens with one attached hydrogen (secondary N) is 1. The van der Waals surface area contributed by atoms with E-state index in [1.165, 1.54) is 12.1 Å². The van der Waals surface area contributed by atoms with Crippen LogP contribution < -0.4 is 14.2 Å². The minimum atomic E-state index is -4.02. The number of ether oxygens (including phenoxy) is 2. The molecule has 0 aromatic heterocycles. The first-order valence-corrected chi connectivity index (χ1v) is 8.00. The lowest BCUT2D eigenvalue weighted by Crippen LogP contribution is -2.32.